The predicted octanol–water partition coefficient (Wildman–Crippen LogP) is 2.83. The van der Waals surface area contributed by atoms with Crippen LogP contribution in [0.25, 0.3) is 10.1 Å². The average molecular weight is 308 g/mol. The van der Waals surface area contributed by atoms with Gasteiger partial charge in [-0.3, -0.25) is 4.79 Å². The van der Waals surface area contributed by atoms with E-state index in [1.165, 1.54) is 23.5 Å². The van der Waals surface area contributed by atoms with Crippen LogP contribution in [0.3, 0.4) is 0 Å². The van der Waals surface area contributed by atoms with E-state index in [0.717, 1.165) is 22.9 Å². The number of hydrogen-bond acceptors (Lipinski definition) is 3. The number of carbonyl (C=O) groups excluding carboxylic acids is 1. The third-order valence-electron chi connectivity index (χ3n) is 3.39. The third kappa shape index (κ3) is 2.66. The lowest BCUT2D eigenvalue weighted by Gasteiger charge is -2.15. The molecule has 0 bridgehead atoms. The topological polar surface area (TPSA) is 55.1 Å². The highest BCUT2D eigenvalue weighted by Crippen LogP contribution is 2.33. The van der Waals surface area contributed by atoms with Crippen molar-refractivity contribution in [2.24, 2.45) is 11.7 Å². The molecule has 3 nitrogen and oxygen atoms in total. The summed E-state index contributed by atoms with van der Waals surface area (Å²) < 4.78 is 13.9. The van der Waals surface area contributed by atoms with E-state index in [4.69, 9.17) is 18.0 Å². The van der Waals surface area contributed by atoms with Crippen molar-refractivity contribution >= 4 is 44.5 Å². The maximum Gasteiger partial charge on any atom is 0.261 e. The number of benzene rings is 1. The number of thiocarbonyl (C=S) groups is 1. The molecule has 1 aromatic heterocycles. The Kier molecular flexibility index (Phi) is 3.43. The van der Waals surface area contributed by atoms with Crippen LogP contribution in [0.5, 0.6) is 0 Å². The van der Waals surface area contributed by atoms with Gasteiger partial charge in [-0.05, 0) is 42.3 Å². The van der Waals surface area contributed by atoms with Crippen molar-refractivity contribution < 1.29 is 9.18 Å². The van der Waals surface area contributed by atoms with Gasteiger partial charge in [0.2, 0.25) is 0 Å². The van der Waals surface area contributed by atoms with Crippen molar-refractivity contribution in [1.29, 1.82) is 0 Å². The maximum atomic E-state index is 13.1. The van der Waals surface area contributed by atoms with Crippen molar-refractivity contribution in [2.45, 2.75) is 18.9 Å². The number of amides is 1. The highest BCUT2D eigenvalue weighted by Gasteiger charge is 2.34. The summed E-state index contributed by atoms with van der Waals surface area (Å²) in [6.45, 7) is 0. The van der Waals surface area contributed by atoms with Gasteiger partial charge < -0.3 is 11.1 Å². The second kappa shape index (κ2) is 5.10. The van der Waals surface area contributed by atoms with Crippen LogP contribution in [0.15, 0.2) is 24.3 Å². The Labute approximate surface area is 125 Å². The first-order valence-corrected chi connectivity index (χ1v) is 7.56. The molecular formula is C14H13FN2OS2. The summed E-state index contributed by atoms with van der Waals surface area (Å²) in [4.78, 5) is 13.1. The minimum atomic E-state index is -0.301. The molecule has 0 aliphatic heterocycles. The normalized spacial score (nSPS) is 16.1. The van der Waals surface area contributed by atoms with Crippen LogP contribution in [0.2, 0.25) is 0 Å². The minimum absolute atomic E-state index is 0.198. The predicted molar refractivity (Wildman–Crippen MR) is 82.5 cm³/mol. The summed E-state index contributed by atoms with van der Waals surface area (Å²) >= 11 is 6.27. The number of halogens is 1. The fourth-order valence-electron chi connectivity index (χ4n) is 2.18. The Hall–Kier alpha value is -1.53. The summed E-state index contributed by atoms with van der Waals surface area (Å²) in [6.07, 6.45) is 2.08. The molecule has 2 aromatic rings. The lowest BCUT2D eigenvalue weighted by atomic mass is 10.2. The standard InChI is InChI=1S/C14H13FN2OS2/c15-9-4-3-8-5-11(20-10(8)6-9)14(18)17-12(13(16)19)7-1-2-7/h3-7,12H,1-2H2,(H2,16,19)(H,17,18). The highest BCUT2D eigenvalue weighted by atomic mass is 32.1. The number of nitrogens with one attached hydrogen (secondary N) is 1. The zero-order valence-corrected chi connectivity index (χ0v) is 12.2. The fraction of sp³-hybridized carbons (Fsp3) is 0.286. The lowest BCUT2D eigenvalue weighted by Crippen LogP contribution is -2.44. The smallest absolute Gasteiger partial charge is 0.261 e. The molecule has 1 aliphatic carbocycles. The monoisotopic (exact) mass is 308 g/mol. The highest BCUT2D eigenvalue weighted by molar-refractivity contribution is 7.80. The van der Waals surface area contributed by atoms with Gasteiger partial charge in [0.25, 0.3) is 5.91 Å². The maximum absolute atomic E-state index is 13.1. The molecule has 104 valence electrons. The molecule has 1 unspecified atom stereocenters. The molecule has 1 amide bonds. The van der Waals surface area contributed by atoms with Gasteiger partial charge in [0, 0.05) is 4.70 Å². The van der Waals surface area contributed by atoms with Crippen molar-refractivity contribution in [1.82, 2.24) is 5.32 Å². The number of rotatable bonds is 4. The zero-order valence-electron chi connectivity index (χ0n) is 10.6. The van der Waals surface area contributed by atoms with Crippen LogP contribution < -0.4 is 11.1 Å². The van der Waals surface area contributed by atoms with E-state index in [1.807, 2.05) is 0 Å². The van der Waals surface area contributed by atoms with Gasteiger partial charge >= 0.3 is 0 Å². The molecule has 3 rings (SSSR count). The summed E-state index contributed by atoms with van der Waals surface area (Å²) in [5.41, 5.74) is 5.67. The molecule has 1 aromatic carbocycles. The molecule has 0 radical (unpaired) electrons. The molecule has 3 N–H and O–H groups in total. The summed E-state index contributed by atoms with van der Waals surface area (Å²) in [5.74, 6) is -0.134. The van der Waals surface area contributed by atoms with E-state index in [2.05, 4.69) is 5.32 Å². The van der Waals surface area contributed by atoms with Gasteiger partial charge in [-0.15, -0.1) is 11.3 Å². The van der Waals surface area contributed by atoms with Crippen LogP contribution >= 0.6 is 23.6 Å². The first kappa shape index (κ1) is 13.5. The molecule has 1 saturated carbocycles. The van der Waals surface area contributed by atoms with Crippen LogP contribution in [0.1, 0.15) is 22.5 Å². The molecule has 20 heavy (non-hydrogen) atoms. The van der Waals surface area contributed by atoms with Crippen LogP contribution in [0.4, 0.5) is 4.39 Å². The second-order valence-corrected chi connectivity index (χ2v) is 6.54. The fourth-order valence-corrected chi connectivity index (χ4v) is 3.42. The van der Waals surface area contributed by atoms with Crippen LogP contribution in [-0.4, -0.2) is 16.9 Å². The van der Waals surface area contributed by atoms with Crippen molar-refractivity contribution in [2.75, 3.05) is 0 Å². The third-order valence-corrected chi connectivity index (χ3v) is 4.74. The van der Waals surface area contributed by atoms with Crippen molar-refractivity contribution in [3.05, 3.63) is 35.0 Å². The Morgan fingerprint density at radius 3 is 2.85 bits per heavy atom. The quantitative estimate of drug-likeness (QED) is 0.854. The molecule has 1 heterocycles. The first-order chi connectivity index (χ1) is 9.54. The average Bonchev–Trinajstić information content (AvgIpc) is 3.14. The number of thiophene rings is 1. The first-order valence-electron chi connectivity index (χ1n) is 6.34. The lowest BCUT2D eigenvalue weighted by molar-refractivity contribution is 0.0948. The summed E-state index contributed by atoms with van der Waals surface area (Å²) in [5, 5.41) is 3.74. The van der Waals surface area contributed by atoms with E-state index < -0.39 is 0 Å². The van der Waals surface area contributed by atoms with Gasteiger partial charge in [-0.2, -0.15) is 0 Å². The van der Waals surface area contributed by atoms with Crippen LogP contribution in [-0.2, 0) is 0 Å². The SMILES string of the molecule is NC(=S)C(NC(=O)c1cc2ccc(F)cc2s1)C1CC1. The molecular weight excluding hydrogens is 295 g/mol. The van der Waals surface area contributed by atoms with Crippen molar-refractivity contribution in [3.63, 3.8) is 0 Å². The van der Waals surface area contributed by atoms with Gasteiger partial charge in [0.15, 0.2) is 0 Å². The number of fused-ring (bicyclic) bond motifs is 1. The van der Waals surface area contributed by atoms with E-state index in [0.29, 0.717) is 15.8 Å². The largest absolute Gasteiger partial charge is 0.392 e. The number of hydrogen-bond donors (Lipinski definition) is 2. The molecule has 1 atom stereocenters. The Bertz CT molecular complexity index is 694. The molecule has 6 heteroatoms. The van der Waals surface area contributed by atoms with Gasteiger partial charge in [-0.25, -0.2) is 4.39 Å². The van der Waals surface area contributed by atoms with E-state index >= 15 is 0 Å². The Balaban J connectivity index is 1.82. The second-order valence-electron chi connectivity index (χ2n) is 4.98. The zero-order chi connectivity index (χ0) is 14.3. The summed E-state index contributed by atoms with van der Waals surface area (Å²) in [6, 6.07) is 6.02. The van der Waals surface area contributed by atoms with E-state index in [1.54, 1.807) is 12.1 Å². The molecule has 1 aliphatic rings. The summed E-state index contributed by atoms with van der Waals surface area (Å²) in [7, 11) is 0. The molecule has 0 spiro atoms. The van der Waals surface area contributed by atoms with Crippen LogP contribution in [0, 0.1) is 11.7 Å². The minimum Gasteiger partial charge on any atom is -0.392 e. The van der Waals surface area contributed by atoms with Gasteiger partial charge in [-0.1, -0.05) is 18.3 Å². The molecule has 0 saturated heterocycles. The number of carbonyl (C=O) groups is 1. The molecule has 1 fully saturated rings. The van der Waals surface area contributed by atoms with Gasteiger partial charge in [0.1, 0.15) is 5.82 Å². The van der Waals surface area contributed by atoms with E-state index in [-0.39, 0.29) is 17.8 Å². The van der Waals surface area contributed by atoms with E-state index in [9.17, 15) is 9.18 Å². The number of nitrogens with two attached hydrogens (primary N) is 1. The Morgan fingerprint density at radius 2 is 2.20 bits per heavy atom. The Morgan fingerprint density at radius 1 is 1.45 bits per heavy atom. The van der Waals surface area contributed by atoms with Crippen molar-refractivity contribution in [3.8, 4) is 0 Å². The van der Waals surface area contributed by atoms with Gasteiger partial charge in [0.05, 0.1) is 15.9 Å².